The average Bonchev–Trinajstić information content (AvgIpc) is 2.27. The van der Waals surface area contributed by atoms with Crippen LogP contribution in [0.15, 0.2) is 18.2 Å². The molecule has 2 rings (SSSR count). The molecule has 1 aromatic rings. The molecule has 1 fully saturated rings. The molecule has 0 radical (unpaired) electrons. The van der Waals surface area contributed by atoms with Crippen molar-refractivity contribution in [3.05, 3.63) is 34.9 Å². The Morgan fingerprint density at radius 2 is 1.81 bits per heavy atom. The minimum absolute atomic E-state index is 0.467. The predicted molar refractivity (Wildman–Crippen MR) is 69.6 cm³/mol. The van der Waals surface area contributed by atoms with Crippen molar-refractivity contribution in [3.63, 3.8) is 0 Å². The molecule has 0 bridgehead atoms. The normalized spacial score (nSPS) is 25.7. The quantitative estimate of drug-likeness (QED) is 0.807. The van der Waals surface area contributed by atoms with Crippen molar-refractivity contribution in [3.8, 4) is 0 Å². The number of nitrogens with two attached hydrogens (primary N) is 1. The molecule has 0 saturated heterocycles. The molecule has 1 saturated carbocycles. The monoisotopic (exact) mass is 217 g/mol. The summed E-state index contributed by atoms with van der Waals surface area (Å²) in [6, 6.07) is 7.27. The van der Waals surface area contributed by atoms with Crippen LogP contribution in [-0.2, 0) is 6.42 Å². The lowest BCUT2D eigenvalue weighted by molar-refractivity contribution is 0.324. The molecule has 1 heteroatoms. The van der Waals surface area contributed by atoms with Crippen molar-refractivity contribution < 1.29 is 0 Å². The Balaban J connectivity index is 2.00. The first-order chi connectivity index (χ1) is 7.65. The van der Waals surface area contributed by atoms with Crippen molar-refractivity contribution in [2.45, 2.75) is 52.0 Å². The summed E-state index contributed by atoms with van der Waals surface area (Å²) in [4.78, 5) is 0. The van der Waals surface area contributed by atoms with Crippen molar-refractivity contribution in [1.82, 2.24) is 0 Å². The van der Waals surface area contributed by atoms with E-state index in [0.717, 1.165) is 5.92 Å². The van der Waals surface area contributed by atoms with Gasteiger partial charge in [-0.05, 0) is 63.0 Å². The molecule has 1 nitrogen and oxygen atoms in total. The molecule has 88 valence electrons. The van der Waals surface area contributed by atoms with Crippen LogP contribution in [0.2, 0.25) is 0 Å². The fraction of sp³-hybridized carbons (Fsp3) is 0.600. The van der Waals surface area contributed by atoms with E-state index in [1.165, 1.54) is 43.2 Å². The number of benzene rings is 1. The second-order valence-electron chi connectivity index (χ2n) is 5.41. The van der Waals surface area contributed by atoms with Gasteiger partial charge in [-0.25, -0.2) is 0 Å². The van der Waals surface area contributed by atoms with E-state index >= 15 is 0 Å². The van der Waals surface area contributed by atoms with Gasteiger partial charge in [-0.2, -0.15) is 0 Å². The van der Waals surface area contributed by atoms with Crippen LogP contribution in [0.5, 0.6) is 0 Å². The van der Waals surface area contributed by atoms with E-state index < -0.39 is 0 Å². The first-order valence-electron chi connectivity index (χ1n) is 6.47. The van der Waals surface area contributed by atoms with Gasteiger partial charge in [0.1, 0.15) is 0 Å². The molecule has 1 aliphatic carbocycles. The number of rotatable bonds is 2. The Kier molecular flexibility index (Phi) is 3.65. The van der Waals surface area contributed by atoms with Crippen LogP contribution in [0, 0.1) is 19.8 Å². The minimum Gasteiger partial charge on any atom is -0.328 e. The van der Waals surface area contributed by atoms with E-state index in [2.05, 4.69) is 32.0 Å². The summed E-state index contributed by atoms with van der Waals surface area (Å²) in [6.45, 7) is 4.41. The molecular weight excluding hydrogens is 194 g/mol. The van der Waals surface area contributed by atoms with Gasteiger partial charge >= 0.3 is 0 Å². The highest BCUT2D eigenvalue weighted by atomic mass is 14.6. The zero-order valence-electron chi connectivity index (χ0n) is 10.5. The van der Waals surface area contributed by atoms with E-state index in [4.69, 9.17) is 5.73 Å². The van der Waals surface area contributed by atoms with E-state index in [9.17, 15) is 0 Å². The Morgan fingerprint density at radius 3 is 2.50 bits per heavy atom. The summed E-state index contributed by atoms with van der Waals surface area (Å²) in [5.74, 6) is 0.861. The molecule has 0 unspecified atom stereocenters. The highest BCUT2D eigenvalue weighted by Gasteiger charge is 2.19. The van der Waals surface area contributed by atoms with Crippen LogP contribution in [0.1, 0.15) is 42.4 Å². The zero-order valence-corrected chi connectivity index (χ0v) is 10.5. The molecule has 0 heterocycles. The fourth-order valence-corrected chi connectivity index (χ4v) is 2.72. The lowest BCUT2D eigenvalue weighted by Gasteiger charge is -2.26. The van der Waals surface area contributed by atoms with E-state index in [1.807, 2.05) is 0 Å². The van der Waals surface area contributed by atoms with Crippen molar-refractivity contribution >= 4 is 0 Å². The Morgan fingerprint density at radius 1 is 1.12 bits per heavy atom. The SMILES string of the molecule is Cc1ccc(C)c(CC2CCC(N)CC2)c1. The summed E-state index contributed by atoms with van der Waals surface area (Å²) < 4.78 is 0. The highest BCUT2D eigenvalue weighted by molar-refractivity contribution is 5.30. The van der Waals surface area contributed by atoms with Gasteiger partial charge in [0.2, 0.25) is 0 Å². The third kappa shape index (κ3) is 2.85. The fourth-order valence-electron chi connectivity index (χ4n) is 2.72. The predicted octanol–water partition coefficient (Wildman–Crippen LogP) is 3.36. The summed E-state index contributed by atoms with van der Waals surface area (Å²) in [5.41, 5.74) is 10.3. The largest absolute Gasteiger partial charge is 0.328 e. The first-order valence-corrected chi connectivity index (χ1v) is 6.47. The Hall–Kier alpha value is -0.820. The van der Waals surface area contributed by atoms with Crippen LogP contribution in [0.3, 0.4) is 0 Å². The second kappa shape index (κ2) is 5.01. The highest BCUT2D eigenvalue weighted by Crippen LogP contribution is 2.27. The van der Waals surface area contributed by atoms with Gasteiger partial charge in [0, 0.05) is 6.04 Å². The maximum atomic E-state index is 5.94. The second-order valence-corrected chi connectivity index (χ2v) is 5.41. The molecule has 16 heavy (non-hydrogen) atoms. The Labute approximate surface area is 99.0 Å². The molecule has 0 aliphatic heterocycles. The molecule has 0 aromatic heterocycles. The van der Waals surface area contributed by atoms with Crippen LogP contribution in [0.4, 0.5) is 0 Å². The van der Waals surface area contributed by atoms with Gasteiger partial charge < -0.3 is 5.73 Å². The lowest BCUT2D eigenvalue weighted by atomic mass is 9.82. The molecular formula is C15H23N. The van der Waals surface area contributed by atoms with Crippen LogP contribution < -0.4 is 5.73 Å². The average molecular weight is 217 g/mol. The van der Waals surface area contributed by atoms with E-state index in [0.29, 0.717) is 6.04 Å². The summed E-state index contributed by atoms with van der Waals surface area (Å²) in [5, 5.41) is 0. The third-order valence-electron chi connectivity index (χ3n) is 3.90. The molecule has 0 amide bonds. The van der Waals surface area contributed by atoms with Gasteiger partial charge in [0.25, 0.3) is 0 Å². The first kappa shape index (κ1) is 11.7. The smallest absolute Gasteiger partial charge is 0.00390 e. The molecule has 2 N–H and O–H groups in total. The van der Waals surface area contributed by atoms with Gasteiger partial charge in [0.15, 0.2) is 0 Å². The topological polar surface area (TPSA) is 26.0 Å². The number of hydrogen-bond donors (Lipinski definition) is 1. The maximum Gasteiger partial charge on any atom is 0.00390 e. The molecule has 0 atom stereocenters. The maximum absolute atomic E-state index is 5.94. The summed E-state index contributed by atoms with van der Waals surface area (Å²) >= 11 is 0. The Bertz CT molecular complexity index is 348. The van der Waals surface area contributed by atoms with Crippen LogP contribution >= 0.6 is 0 Å². The van der Waals surface area contributed by atoms with Crippen LogP contribution in [0.25, 0.3) is 0 Å². The van der Waals surface area contributed by atoms with Crippen molar-refractivity contribution in [2.24, 2.45) is 11.7 Å². The number of hydrogen-bond acceptors (Lipinski definition) is 1. The van der Waals surface area contributed by atoms with Crippen molar-refractivity contribution in [2.75, 3.05) is 0 Å². The van der Waals surface area contributed by atoms with Gasteiger partial charge in [-0.3, -0.25) is 0 Å². The summed E-state index contributed by atoms with van der Waals surface area (Å²) in [7, 11) is 0. The molecule has 0 spiro atoms. The van der Waals surface area contributed by atoms with Gasteiger partial charge in [0.05, 0.1) is 0 Å². The standard InChI is InChI=1S/C15H23N/c1-11-3-4-12(2)14(9-11)10-13-5-7-15(16)8-6-13/h3-4,9,13,15H,5-8,10,16H2,1-2H3. The number of aryl methyl sites for hydroxylation is 2. The van der Waals surface area contributed by atoms with E-state index in [1.54, 1.807) is 5.56 Å². The van der Waals surface area contributed by atoms with Gasteiger partial charge in [-0.1, -0.05) is 23.8 Å². The van der Waals surface area contributed by atoms with Gasteiger partial charge in [-0.15, -0.1) is 0 Å². The summed E-state index contributed by atoms with van der Waals surface area (Å²) in [6.07, 6.45) is 6.31. The molecule has 1 aromatic carbocycles. The third-order valence-corrected chi connectivity index (χ3v) is 3.90. The van der Waals surface area contributed by atoms with Crippen molar-refractivity contribution in [1.29, 1.82) is 0 Å². The van der Waals surface area contributed by atoms with E-state index in [-0.39, 0.29) is 0 Å². The van der Waals surface area contributed by atoms with Crippen LogP contribution in [-0.4, -0.2) is 6.04 Å². The lowest BCUT2D eigenvalue weighted by Crippen LogP contribution is -2.27. The zero-order chi connectivity index (χ0) is 11.5. The molecule has 1 aliphatic rings. The minimum atomic E-state index is 0.467.